The molecule has 0 aromatic carbocycles. The minimum Gasteiger partial charge on any atom is -0.269 e. The van der Waals surface area contributed by atoms with E-state index in [9.17, 15) is 8.42 Å². The molecule has 1 N–H and O–H groups in total. The Morgan fingerprint density at radius 2 is 2.16 bits per heavy atom. The van der Waals surface area contributed by atoms with Crippen LogP contribution < -0.4 is 4.72 Å². The van der Waals surface area contributed by atoms with Crippen LogP contribution in [0.25, 0.3) is 0 Å². The number of sulfonamides is 1. The highest BCUT2D eigenvalue weighted by Crippen LogP contribution is 2.11. The maximum absolute atomic E-state index is 12.0. The van der Waals surface area contributed by atoms with Crippen molar-refractivity contribution in [2.45, 2.75) is 31.3 Å². The normalized spacial score (nSPS) is 11.9. The molecule has 0 saturated heterocycles. The second-order valence-corrected chi connectivity index (χ2v) is 6.16. The standard InChI is InChI=1S/C12H16N4O2S/c1-10(2)16-9-12(8-14-16)19(17,18)15-7-11-5-3-4-6-13-11/h3-6,8-10,15H,7H2,1-2H3. The Kier molecular flexibility index (Phi) is 3.96. The van der Waals surface area contributed by atoms with E-state index in [4.69, 9.17) is 0 Å². The first-order chi connectivity index (χ1) is 8.99. The Balaban J connectivity index is 2.09. The molecule has 0 aliphatic carbocycles. The van der Waals surface area contributed by atoms with Crippen LogP contribution in [-0.2, 0) is 16.6 Å². The minimum atomic E-state index is -3.54. The van der Waals surface area contributed by atoms with E-state index in [1.165, 1.54) is 12.4 Å². The summed E-state index contributed by atoms with van der Waals surface area (Å²) in [4.78, 5) is 4.23. The van der Waals surface area contributed by atoms with Gasteiger partial charge in [0.15, 0.2) is 0 Å². The molecular formula is C12H16N4O2S. The van der Waals surface area contributed by atoms with Crippen molar-refractivity contribution in [2.75, 3.05) is 0 Å². The molecular weight excluding hydrogens is 264 g/mol. The zero-order chi connectivity index (χ0) is 13.9. The van der Waals surface area contributed by atoms with Crippen LogP contribution in [0.3, 0.4) is 0 Å². The molecule has 0 radical (unpaired) electrons. The molecule has 2 aromatic rings. The van der Waals surface area contributed by atoms with E-state index in [2.05, 4.69) is 14.8 Å². The Morgan fingerprint density at radius 3 is 2.74 bits per heavy atom. The molecule has 0 aliphatic heterocycles. The van der Waals surface area contributed by atoms with Crippen LogP contribution in [0.5, 0.6) is 0 Å². The Morgan fingerprint density at radius 1 is 1.37 bits per heavy atom. The van der Waals surface area contributed by atoms with Gasteiger partial charge >= 0.3 is 0 Å². The SMILES string of the molecule is CC(C)n1cc(S(=O)(=O)NCc2ccccn2)cn1. The first-order valence-electron chi connectivity index (χ1n) is 5.93. The molecule has 0 atom stereocenters. The van der Waals surface area contributed by atoms with E-state index >= 15 is 0 Å². The van der Waals surface area contributed by atoms with Crippen LogP contribution in [0.2, 0.25) is 0 Å². The number of nitrogens with one attached hydrogen (secondary N) is 1. The van der Waals surface area contributed by atoms with Gasteiger partial charge in [-0.2, -0.15) is 5.10 Å². The molecule has 2 rings (SSSR count). The number of pyridine rings is 1. The molecule has 0 spiro atoms. The first-order valence-corrected chi connectivity index (χ1v) is 7.41. The van der Waals surface area contributed by atoms with Gasteiger partial charge in [0.1, 0.15) is 4.90 Å². The lowest BCUT2D eigenvalue weighted by Gasteiger charge is -2.05. The lowest BCUT2D eigenvalue weighted by atomic mass is 10.4. The van der Waals surface area contributed by atoms with Crippen molar-refractivity contribution < 1.29 is 8.42 Å². The lowest BCUT2D eigenvalue weighted by molar-refractivity contribution is 0.531. The van der Waals surface area contributed by atoms with E-state index in [1.54, 1.807) is 23.0 Å². The fourth-order valence-corrected chi connectivity index (χ4v) is 2.43. The highest BCUT2D eigenvalue weighted by atomic mass is 32.2. The van der Waals surface area contributed by atoms with E-state index in [1.807, 2.05) is 19.9 Å². The lowest BCUT2D eigenvalue weighted by Crippen LogP contribution is -2.23. The van der Waals surface area contributed by atoms with Gasteiger partial charge in [-0.1, -0.05) is 6.07 Å². The van der Waals surface area contributed by atoms with Crippen LogP contribution in [0, 0.1) is 0 Å². The number of hydrogen-bond donors (Lipinski definition) is 1. The van der Waals surface area contributed by atoms with Crippen molar-refractivity contribution >= 4 is 10.0 Å². The quantitative estimate of drug-likeness (QED) is 0.896. The molecule has 0 bridgehead atoms. The van der Waals surface area contributed by atoms with Crippen LogP contribution in [-0.4, -0.2) is 23.2 Å². The van der Waals surface area contributed by atoms with Crippen LogP contribution >= 0.6 is 0 Å². The molecule has 0 unspecified atom stereocenters. The highest BCUT2D eigenvalue weighted by Gasteiger charge is 2.16. The first kappa shape index (κ1) is 13.7. The largest absolute Gasteiger partial charge is 0.269 e. The summed E-state index contributed by atoms with van der Waals surface area (Å²) >= 11 is 0. The molecule has 0 fully saturated rings. The van der Waals surface area contributed by atoms with Gasteiger partial charge in [-0.05, 0) is 26.0 Å². The summed E-state index contributed by atoms with van der Waals surface area (Å²) in [5.74, 6) is 0. The zero-order valence-electron chi connectivity index (χ0n) is 10.8. The predicted octanol–water partition coefficient (Wildman–Crippen LogP) is 1.34. The number of hydrogen-bond acceptors (Lipinski definition) is 4. The molecule has 0 aliphatic rings. The number of nitrogens with zero attached hydrogens (tertiary/aromatic N) is 3. The average Bonchev–Trinajstić information content (AvgIpc) is 2.88. The molecule has 2 aromatic heterocycles. The van der Waals surface area contributed by atoms with Crippen molar-refractivity contribution in [3.63, 3.8) is 0 Å². The van der Waals surface area contributed by atoms with Gasteiger partial charge in [0.05, 0.1) is 18.4 Å². The third kappa shape index (κ3) is 3.39. The van der Waals surface area contributed by atoms with Gasteiger partial charge < -0.3 is 0 Å². The molecule has 0 saturated carbocycles. The third-order valence-corrected chi connectivity index (χ3v) is 3.94. The molecule has 0 amide bonds. The predicted molar refractivity (Wildman–Crippen MR) is 70.9 cm³/mol. The highest BCUT2D eigenvalue weighted by molar-refractivity contribution is 7.89. The Hall–Kier alpha value is -1.73. The van der Waals surface area contributed by atoms with E-state index in [0.29, 0.717) is 5.69 Å². The van der Waals surface area contributed by atoms with Crippen molar-refractivity contribution in [1.29, 1.82) is 0 Å². The second-order valence-electron chi connectivity index (χ2n) is 4.40. The topological polar surface area (TPSA) is 76.9 Å². The minimum absolute atomic E-state index is 0.125. The van der Waals surface area contributed by atoms with Crippen molar-refractivity contribution in [2.24, 2.45) is 0 Å². The van der Waals surface area contributed by atoms with Crippen molar-refractivity contribution in [3.8, 4) is 0 Å². The summed E-state index contributed by atoms with van der Waals surface area (Å²) in [6.45, 7) is 4.03. The van der Waals surface area contributed by atoms with Gasteiger partial charge in [0, 0.05) is 18.4 Å². The molecule has 102 valence electrons. The summed E-state index contributed by atoms with van der Waals surface area (Å²) in [5.41, 5.74) is 0.669. The van der Waals surface area contributed by atoms with E-state index in [0.717, 1.165) is 0 Å². The molecule has 7 heteroatoms. The van der Waals surface area contributed by atoms with Crippen molar-refractivity contribution in [1.82, 2.24) is 19.5 Å². The Bertz CT molecular complexity index is 635. The maximum atomic E-state index is 12.0. The van der Waals surface area contributed by atoms with E-state index < -0.39 is 10.0 Å². The fraction of sp³-hybridized carbons (Fsp3) is 0.333. The van der Waals surface area contributed by atoms with E-state index in [-0.39, 0.29) is 17.5 Å². The van der Waals surface area contributed by atoms with Gasteiger partial charge in [-0.25, -0.2) is 13.1 Å². The van der Waals surface area contributed by atoms with Crippen molar-refractivity contribution in [3.05, 3.63) is 42.5 Å². The summed E-state index contributed by atoms with van der Waals surface area (Å²) < 4.78 is 28.2. The van der Waals surface area contributed by atoms with Gasteiger partial charge in [-0.15, -0.1) is 0 Å². The van der Waals surface area contributed by atoms with Crippen LogP contribution in [0.15, 0.2) is 41.7 Å². The van der Waals surface area contributed by atoms with Gasteiger partial charge in [-0.3, -0.25) is 9.67 Å². The molecule has 6 nitrogen and oxygen atoms in total. The summed E-state index contributed by atoms with van der Waals surface area (Å²) in [6.07, 6.45) is 4.49. The van der Waals surface area contributed by atoms with Crippen LogP contribution in [0.1, 0.15) is 25.6 Å². The van der Waals surface area contributed by atoms with Gasteiger partial charge in [0.25, 0.3) is 0 Å². The molecule has 19 heavy (non-hydrogen) atoms. The third-order valence-electron chi connectivity index (χ3n) is 2.59. The summed E-state index contributed by atoms with van der Waals surface area (Å²) in [5, 5.41) is 4.02. The Labute approximate surface area is 112 Å². The average molecular weight is 280 g/mol. The summed E-state index contributed by atoms with van der Waals surface area (Å²) in [6, 6.07) is 5.48. The second kappa shape index (κ2) is 5.50. The smallest absolute Gasteiger partial charge is 0.244 e. The zero-order valence-corrected chi connectivity index (χ0v) is 11.6. The molecule has 2 heterocycles. The number of aromatic nitrogens is 3. The van der Waals surface area contributed by atoms with Gasteiger partial charge in [0.2, 0.25) is 10.0 Å². The number of rotatable bonds is 5. The summed E-state index contributed by atoms with van der Waals surface area (Å²) in [7, 11) is -3.54. The van der Waals surface area contributed by atoms with Crippen LogP contribution in [0.4, 0.5) is 0 Å². The monoisotopic (exact) mass is 280 g/mol. The maximum Gasteiger partial charge on any atom is 0.244 e. The fourth-order valence-electron chi connectivity index (χ4n) is 1.50.